The first-order chi connectivity index (χ1) is 11.5. The molecule has 1 aromatic heterocycles. The van der Waals surface area contributed by atoms with Crippen molar-refractivity contribution >= 4 is 35.1 Å². The van der Waals surface area contributed by atoms with Gasteiger partial charge in [-0.15, -0.1) is 0 Å². The molecular weight excluding hydrogens is 328 g/mol. The lowest BCUT2D eigenvalue weighted by Gasteiger charge is -2.23. The van der Waals surface area contributed by atoms with Crippen molar-refractivity contribution in [1.29, 1.82) is 0 Å². The molecule has 1 aromatic carbocycles. The smallest absolute Gasteiger partial charge is 0.257 e. The number of anilines is 2. The minimum Gasteiger partial charge on any atom is -0.326 e. The molecule has 0 saturated carbocycles. The largest absolute Gasteiger partial charge is 0.326 e. The molecule has 2 amide bonds. The van der Waals surface area contributed by atoms with Gasteiger partial charge >= 0.3 is 0 Å². The molecule has 7 nitrogen and oxygen atoms in total. The van der Waals surface area contributed by atoms with Crippen LogP contribution in [0.1, 0.15) is 23.5 Å². The van der Waals surface area contributed by atoms with Crippen LogP contribution in [0.3, 0.4) is 0 Å². The minimum atomic E-state index is -0.874. The summed E-state index contributed by atoms with van der Waals surface area (Å²) in [5, 5.41) is 5.72. The molecule has 0 fully saturated rings. The number of H-pyrrole nitrogens is 1. The highest BCUT2D eigenvalue weighted by atomic mass is 32.2. The maximum absolute atomic E-state index is 12.6. The zero-order valence-corrected chi connectivity index (χ0v) is 14.0. The minimum absolute atomic E-state index is 0.0893. The second kappa shape index (κ2) is 6.48. The molecule has 0 aliphatic carbocycles. The lowest BCUT2D eigenvalue weighted by Crippen LogP contribution is -2.36. The Morgan fingerprint density at radius 2 is 2.17 bits per heavy atom. The fourth-order valence-electron chi connectivity index (χ4n) is 2.62. The second-order valence-electron chi connectivity index (χ2n) is 5.50. The SMILES string of the molecule is CSc1nc2c(c(=O)[nH]1)[C@H](C(=O)Nc1cccc(C)c1)CC(=O)N2. The standard InChI is InChI=1S/C16H16N4O3S/c1-8-4-3-5-9(6-8)17-14(22)10-7-11(21)18-13-12(10)15(23)20-16(19-13)24-2/h3-6,10H,7H2,1-2H3,(H,17,22)(H2,18,19,20,21,23)/t10-/m1/s1. The number of rotatable bonds is 3. The number of hydrogen-bond acceptors (Lipinski definition) is 5. The van der Waals surface area contributed by atoms with E-state index < -0.39 is 17.4 Å². The normalized spacial score (nSPS) is 16.2. The average molecular weight is 344 g/mol. The number of amides is 2. The summed E-state index contributed by atoms with van der Waals surface area (Å²) >= 11 is 1.25. The Labute approximate surface area is 142 Å². The zero-order valence-electron chi connectivity index (χ0n) is 13.2. The molecule has 24 heavy (non-hydrogen) atoms. The van der Waals surface area contributed by atoms with Gasteiger partial charge in [-0.2, -0.15) is 0 Å². The summed E-state index contributed by atoms with van der Waals surface area (Å²) in [5.41, 5.74) is 1.41. The van der Waals surface area contributed by atoms with Crippen molar-refractivity contribution in [3.05, 3.63) is 45.7 Å². The van der Waals surface area contributed by atoms with Crippen molar-refractivity contribution in [1.82, 2.24) is 9.97 Å². The van der Waals surface area contributed by atoms with E-state index >= 15 is 0 Å². The molecule has 1 atom stereocenters. The molecular formula is C16H16N4O3S. The number of nitrogens with zero attached hydrogens (tertiary/aromatic N) is 1. The first-order valence-electron chi connectivity index (χ1n) is 7.33. The molecule has 0 bridgehead atoms. The third-order valence-electron chi connectivity index (χ3n) is 3.72. The van der Waals surface area contributed by atoms with Crippen LogP contribution in [0.15, 0.2) is 34.2 Å². The molecule has 3 rings (SSSR count). The number of thioether (sulfide) groups is 1. The Bertz CT molecular complexity index is 878. The van der Waals surface area contributed by atoms with Crippen LogP contribution in [0.4, 0.5) is 11.5 Å². The summed E-state index contributed by atoms with van der Waals surface area (Å²) < 4.78 is 0. The van der Waals surface area contributed by atoms with Crippen LogP contribution in [0.5, 0.6) is 0 Å². The summed E-state index contributed by atoms with van der Waals surface area (Å²) in [6.45, 7) is 1.91. The number of hydrogen-bond donors (Lipinski definition) is 3. The summed E-state index contributed by atoms with van der Waals surface area (Å²) in [5.74, 6) is -1.46. The summed E-state index contributed by atoms with van der Waals surface area (Å²) in [4.78, 5) is 43.7. The first kappa shape index (κ1) is 16.3. The predicted octanol–water partition coefficient (Wildman–Crippen LogP) is 1.86. The highest BCUT2D eigenvalue weighted by molar-refractivity contribution is 7.98. The van der Waals surface area contributed by atoms with Crippen molar-refractivity contribution in [3.63, 3.8) is 0 Å². The van der Waals surface area contributed by atoms with Crippen molar-refractivity contribution in [2.45, 2.75) is 24.4 Å². The van der Waals surface area contributed by atoms with Gasteiger partial charge in [0.25, 0.3) is 5.56 Å². The molecule has 0 radical (unpaired) electrons. The molecule has 0 saturated heterocycles. The van der Waals surface area contributed by atoms with Crippen LogP contribution in [0, 0.1) is 6.92 Å². The van der Waals surface area contributed by atoms with E-state index in [0.717, 1.165) is 5.56 Å². The molecule has 1 aliphatic rings. The molecule has 0 spiro atoms. The molecule has 0 unspecified atom stereocenters. The first-order valence-corrected chi connectivity index (χ1v) is 8.56. The van der Waals surface area contributed by atoms with Gasteiger partial charge < -0.3 is 15.6 Å². The fourth-order valence-corrected chi connectivity index (χ4v) is 3.00. The van der Waals surface area contributed by atoms with E-state index in [0.29, 0.717) is 10.8 Å². The van der Waals surface area contributed by atoms with Gasteiger partial charge in [0.1, 0.15) is 5.82 Å². The van der Waals surface area contributed by atoms with Crippen LogP contribution in [-0.4, -0.2) is 28.0 Å². The van der Waals surface area contributed by atoms with Crippen LogP contribution in [0.2, 0.25) is 0 Å². The topological polar surface area (TPSA) is 104 Å². The molecule has 2 heterocycles. The van der Waals surface area contributed by atoms with Gasteiger partial charge in [0, 0.05) is 12.1 Å². The van der Waals surface area contributed by atoms with E-state index in [2.05, 4.69) is 20.6 Å². The zero-order chi connectivity index (χ0) is 17.3. The number of carbonyl (C=O) groups excluding carboxylic acids is 2. The van der Waals surface area contributed by atoms with Gasteiger partial charge in [0.15, 0.2) is 5.16 Å². The van der Waals surface area contributed by atoms with Crippen LogP contribution in [-0.2, 0) is 9.59 Å². The highest BCUT2D eigenvalue weighted by Crippen LogP contribution is 2.30. The number of benzene rings is 1. The number of aromatic nitrogens is 2. The van der Waals surface area contributed by atoms with Gasteiger partial charge in [-0.1, -0.05) is 23.9 Å². The average Bonchev–Trinajstić information content (AvgIpc) is 2.53. The second-order valence-corrected chi connectivity index (χ2v) is 6.30. The van der Waals surface area contributed by atoms with Gasteiger partial charge in [0.05, 0.1) is 11.5 Å². The van der Waals surface area contributed by atoms with Crippen molar-refractivity contribution in [3.8, 4) is 0 Å². The van der Waals surface area contributed by atoms with E-state index in [1.54, 1.807) is 12.3 Å². The quantitative estimate of drug-likeness (QED) is 0.582. The lowest BCUT2D eigenvalue weighted by atomic mass is 9.92. The van der Waals surface area contributed by atoms with Gasteiger partial charge in [-0.25, -0.2) is 4.98 Å². The number of carbonyl (C=O) groups is 2. The Kier molecular flexibility index (Phi) is 4.39. The van der Waals surface area contributed by atoms with Crippen LogP contribution < -0.4 is 16.2 Å². The van der Waals surface area contributed by atoms with Crippen LogP contribution in [0.25, 0.3) is 0 Å². The number of aromatic amines is 1. The van der Waals surface area contributed by atoms with Crippen molar-refractivity contribution < 1.29 is 9.59 Å². The summed E-state index contributed by atoms with van der Waals surface area (Å²) in [6, 6.07) is 7.32. The van der Waals surface area contributed by atoms with Gasteiger partial charge in [-0.05, 0) is 30.9 Å². The third-order valence-corrected chi connectivity index (χ3v) is 4.30. The summed E-state index contributed by atoms with van der Waals surface area (Å²) in [6.07, 6.45) is 1.67. The lowest BCUT2D eigenvalue weighted by molar-refractivity contribution is -0.123. The van der Waals surface area contributed by atoms with E-state index in [1.807, 2.05) is 25.1 Å². The Hall–Kier alpha value is -2.61. The Balaban J connectivity index is 1.96. The number of aryl methyl sites for hydroxylation is 1. The van der Waals surface area contributed by atoms with E-state index in [4.69, 9.17) is 0 Å². The van der Waals surface area contributed by atoms with E-state index in [1.165, 1.54) is 11.8 Å². The fraction of sp³-hybridized carbons (Fsp3) is 0.250. The van der Waals surface area contributed by atoms with Gasteiger partial charge in [0.2, 0.25) is 11.8 Å². The third kappa shape index (κ3) is 3.18. The van der Waals surface area contributed by atoms with Crippen molar-refractivity contribution in [2.75, 3.05) is 16.9 Å². The number of fused-ring (bicyclic) bond motifs is 1. The van der Waals surface area contributed by atoms with Crippen LogP contribution >= 0.6 is 11.8 Å². The Morgan fingerprint density at radius 3 is 2.88 bits per heavy atom. The molecule has 3 N–H and O–H groups in total. The Morgan fingerprint density at radius 1 is 1.38 bits per heavy atom. The van der Waals surface area contributed by atoms with E-state index in [9.17, 15) is 14.4 Å². The maximum Gasteiger partial charge on any atom is 0.257 e. The summed E-state index contributed by atoms with van der Waals surface area (Å²) in [7, 11) is 0. The molecule has 8 heteroatoms. The molecule has 1 aliphatic heterocycles. The molecule has 124 valence electrons. The van der Waals surface area contributed by atoms with Crippen molar-refractivity contribution in [2.24, 2.45) is 0 Å². The monoisotopic (exact) mass is 344 g/mol. The molecule has 2 aromatic rings. The predicted molar refractivity (Wildman–Crippen MR) is 92.4 cm³/mol. The number of nitrogens with one attached hydrogen (secondary N) is 3. The highest BCUT2D eigenvalue weighted by Gasteiger charge is 2.34. The van der Waals surface area contributed by atoms with E-state index in [-0.39, 0.29) is 23.7 Å². The maximum atomic E-state index is 12.6. The van der Waals surface area contributed by atoms with Gasteiger partial charge in [-0.3, -0.25) is 14.4 Å².